The number of aryl methyl sites for hydroxylation is 3. The van der Waals surface area contributed by atoms with Crippen molar-refractivity contribution in [3.8, 4) is 11.5 Å². The number of esters is 1. The lowest BCUT2D eigenvalue weighted by molar-refractivity contribution is -0.152. The molecule has 0 fully saturated rings. The molecule has 1 aliphatic rings. The first-order valence-electron chi connectivity index (χ1n) is 10.5. The van der Waals surface area contributed by atoms with Gasteiger partial charge >= 0.3 is 5.97 Å². The number of carbonyl (C=O) groups excluding carboxylic acids is 2. The van der Waals surface area contributed by atoms with E-state index < -0.39 is 28.0 Å². The molecule has 2 N–H and O–H groups in total. The molecule has 1 unspecified atom stereocenters. The highest BCUT2D eigenvalue weighted by Gasteiger charge is 2.22. The average molecular weight is 477 g/mol. The third kappa shape index (κ3) is 6.23. The molecule has 178 valence electrons. The number of anilines is 1. The highest BCUT2D eigenvalue weighted by atomic mass is 32.2. The lowest BCUT2D eigenvalue weighted by atomic mass is 10.0. The quantitative estimate of drug-likeness (QED) is 0.562. The number of ether oxygens (including phenoxy) is 3. The summed E-state index contributed by atoms with van der Waals surface area (Å²) in [7, 11) is -3.86. The Bertz CT molecular complexity index is 1140. The average Bonchev–Trinajstić information content (AvgIpc) is 2.75. The van der Waals surface area contributed by atoms with Gasteiger partial charge in [-0.05, 0) is 51.0 Å². The van der Waals surface area contributed by atoms with E-state index in [4.69, 9.17) is 14.2 Å². The minimum Gasteiger partial charge on any atom is -0.486 e. The first kappa shape index (κ1) is 24.5. The minimum absolute atomic E-state index is 0.00305. The van der Waals surface area contributed by atoms with Gasteiger partial charge in [0.05, 0.1) is 11.3 Å². The molecular weight excluding hydrogens is 448 g/mol. The van der Waals surface area contributed by atoms with Crippen molar-refractivity contribution < 1.29 is 32.2 Å². The largest absolute Gasteiger partial charge is 0.486 e. The standard InChI is InChI=1S/C23H28N2O7S/c1-14-11-15(2)22(16(3)12-14)25-23(27)17(4)32-21(26)7-8-24-33(28,29)18-5-6-19-20(13-18)31-10-9-30-19/h5-6,11-13,17,24H,7-10H2,1-4H3,(H,25,27). The predicted molar refractivity (Wildman–Crippen MR) is 122 cm³/mol. The van der Waals surface area contributed by atoms with Crippen LogP contribution >= 0.6 is 0 Å². The zero-order valence-corrected chi connectivity index (χ0v) is 19.9. The molecule has 10 heteroatoms. The highest BCUT2D eigenvalue weighted by molar-refractivity contribution is 7.89. The molecule has 1 heterocycles. The van der Waals surface area contributed by atoms with Gasteiger partial charge in [-0.25, -0.2) is 13.1 Å². The Labute approximate surface area is 193 Å². The van der Waals surface area contributed by atoms with Gasteiger partial charge in [0.1, 0.15) is 13.2 Å². The molecule has 0 radical (unpaired) electrons. The maximum absolute atomic E-state index is 12.5. The Kier molecular flexibility index (Phi) is 7.60. The van der Waals surface area contributed by atoms with Gasteiger partial charge in [0.2, 0.25) is 10.0 Å². The fourth-order valence-corrected chi connectivity index (χ4v) is 4.52. The molecule has 1 amide bonds. The Hall–Kier alpha value is -3.11. The van der Waals surface area contributed by atoms with E-state index in [0.29, 0.717) is 30.4 Å². The number of fused-ring (bicyclic) bond motifs is 1. The Morgan fingerprint density at radius 2 is 1.67 bits per heavy atom. The van der Waals surface area contributed by atoms with Crippen LogP contribution in [0.15, 0.2) is 35.2 Å². The smallest absolute Gasteiger partial charge is 0.307 e. The Balaban J connectivity index is 1.50. The van der Waals surface area contributed by atoms with E-state index in [9.17, 15) is 18.0 Å². The lowest BCUT2D eigenvalue weighted by Gasteiger charge is -2.19. The minimum atomic E-state index is -3.86. The number of benzene rings is 2. The fraction of sp³-hybridized carbons (Fsp3) is 0.391. The normalized spacial score (nSPS) is 13.8. The van der Waals surface area contributed by atoms with E-state index in [1.807, 2.05) is 32.9 Å². The first-order valence-corrected chi connectivity index (χ1v) is 12.0. The topological polar surface area (TPSA) is 120 Å². The van der Waals surface area contributed by atoms with Crippen LogP contribution in [0.1, 0.15) is 30.0 Å². The molecule has 3 rings (SSSR count). The summed E-state index contributed by atoms with van der Waals surface area (Å²) in [6, 6.07) is 8.20. The van der Waals surface area contributed by atoms with Gasteiger partial charge < -0.3 is 19.5 Å². The molecule has 0 saturated carbocycles. The van der Waals surface area contributed by atoms with Crippen molar-refractivity contribution in [3.05, 3.63) is 47.0 Å². The highest BCUT2D eigenvalue weighted by Crippen LogP contribution is 2.32. The number of hydrogen-bond acceptors (Lipinski definition) is 7. The number of sulfonamides is 1. The fourth-order valence-electron chi connectivity index (χ4n) is 3.47. The van der Waals surface area contributed by atoms with E-state index in [-0.39, 0.29) is 17.9 Å². The van der Waals surface area contributed by atoms with Crippen molar-refractivity contribution in [2.75, 3.05) is 25.1 Å². The zero-order chi connectivity index (χ0) is 24.2. The monoisotopic (exact) mass is 476 g/mol. The van der Waals surface area contributed by atoms with Crippen LogP contribution in [0.25, 0.3) is 0 Å². The zero-order valence-electron chi connectivity index (χ0n) is 19.1. The molecule has 33 heavy (non-hydrogen) atoms. The molecule has 0 aromatic heterocycles. The number of nitrogens with one attached hydrogen (secondary N) is 2. The number of hydrogen-bond donors (Lipinski definition) is 2. The molecule has 0 bridgehead atoms. The van der Waals surface area contributed by atoms with Gasteiger partial charge in [0, 0.05) is 18.3 Å². The van der Waals surface area contributed by atoms with Crippen molar-refractivity contribution in [1.29, 1.82) is 0 Å². The van der Waals surface area contributed by atoms with Gasteiger partial charge in [0.25, 0.3) is 5.91 Å². The Morgan fingerprint density at radius 1 is 1.03 bits per heavy atom. The summed E-state index contributed by atoms with van der Waals surface area (Å²) in [4.78, 5) is 24.6. The summed E-state index contributed by atoms with van der Waals surface area (Å²) in [5.41, 5.74) is 3.59. The molecule has 9 nitrogen and oxygen atoms in total. The van der Waals surface area contributed by atoms with Crippen LogP contribution in [0.4, 0.5) is 5.69 Å². The van der Waals surface area contributed by atoms with Crippen LogP contribution < -0.4 is 19.5 Å². The van der Waals surface area contributed by atoms with Crippen LogP contribution in [-0.2, 0) is 24.3 Å². The van der Waals surface area contributed by atoms with E-state index >= 15 is 0 Å². The summed E-state index contributed by atoms with van der Waals surface area (Å²) in [5, 5.41) is 2.79. The Morgan fingerprint density at radius 3 is 2.33 bits per heavy atom. The third-order valence-electron chi connectivity index (χ3n) is 5.05. The number of amides is 1. The second-order valence-electron chi connectivity index (χ2n) is 7.85. The van der Waals surface area contributed by atoms with Crippen molar-refractivity contribution in [3.63, 3.8) is 0 Å². The maximum Gasteiger partial charge on any atom is 0.307 e. The van der Waals surface area contributed by atoms with Gasteiger partial charge in [-0.3, -0.25) is 9.59 Å². The van der Waals surface area contributed by atoms with E-state index in [0.717, 1.165) is 16.7 Å². The van der Waals surface area contributed by atoms with E-state index in [1.165, 1.54) is 25.1 Å². The summed E-state index contributed by atoms with van der Waals surface area (Å²) in [6.07, 6.45) is -1.27. The third-order valence-corrected chi connectivity index (χ3v) is 6.51. The van der Waals surface area contributed by atoms with Crippen LogP contribution in [0.2, 0.25) is 0 Å². The van der Waals surface area contributed by atoms with Crippen molar-refractivity contribution in [1.82, 2.24) is 4.72 Å². The predicted octanol–water partition coefficient (Wildman–Crippen LogP) is 2.62. The van der Waals surface area contributed by atoms with E-state index in [2.05, 4.69) is 10.0 Å². The lowest BCUT2D eigenvalue weighted by Crippen LogP contribution is -2.32. The second kappa shape index (κ2) is 10.2. The van der Waals surface area contributed by atoms with Crippen molar-refractivity contribution >= 4 is 27.6 Å². The molecule has 1 atom stereocenters. The van der Waals surface area contributed by atoms with Crippen LogP contribution in [-0.4, -0.2) is 46.2 Å². The molecular formula is C23H28N2O7S. The van der Waals surface area contributed by atoms with Gasteiger partial charge in [0.15, 0.2) is 17.6 Å². The first-order chi connectivity index (χ1) is 15.6. The molecule has 0 spiro atoms. The molecule has 2 aromatic rings. The summed E-state index contributed by atoms with van der Waals surface area (Å²) in [5.74, 6) is -0.329. The molecule has 0 aliphatic carbocycles. The molecule has 0 saturated heterocycles. The van der Waals surface area contributed by atoms with Gasteiger partial charge in [-0.2, -0.15) is 0 Å². The summed E-state index contributed by atoms with van der Waals surface area (Å²) >= 11 is 0. The number of carbonyl (C=O) groups is 2. The van der Waals surface area contributed by atoms with Crippen LogP contribution in [0, 0.1) is 20.8 Å². The van der Waals surface area contributed by atoms with Gasteiger partial charge in [-0.1, -0.05) is 17.7 Å². The van der Waals surface area contributed by atoms with Crippen LogP contribution in [0.3, 0.4) is 0 Å². The van der Waals surface area contributed by atoms with Gasteiger partial charge in [-0.15, -0.1) is 0 Å². The van der Waals surface area contributed by atoms with Crippen molar-refractivity contribution in [2.45, 2.75) is 45.1 Å². The maximum atomic E-state index is 12.5. The van der Waals surface area contributed by atoms with Crippen molar-refractivity contribution in [2.24, 2.45) is 0 Å². The number of rotatable bonds is 8. The SMILES string of the molecule is Cc1cc(C)c(NC(=O)C(C)OC(=O)CCNS(=O)(=O)c2ccc3c(c2)OCCO3)c(C)c1. The summed E-state index contributed by atoms with van der Waals surface area (Å²) < 4.78 is 43.3. The van der Waals surface area contributed by atoms with Crippen LogP contribution in [0.5, 0.6) is 11.5 Å². The second-order valence-corrected chi connectivity index (χ2v) is 9.62. The summed E-state index contributed by atoms with van der Waals surface area (Å²) in [6.45, 7) is 7.77. The molecule has 2 aromatic carbocycles. The molecule has 1 aliphatic heterocycles. The van der Waals surface area contributed by atoms with E-state index in [1.54, 1.807) is 0 Å².